The van der Waals surface area contributed by atoms with Gasteiger partial charge in [0.1, 0.15) is 5.75 Å². The number of aliphatic carboxylic acids is 1. The van der Waals surface area contributed by atoms with E-state index < -0.39 is 5.97 Å². The first-order valence-electron chi connectivity index (χ1n) is 6.21. The molecule has 0 aromatic heterocycles. The van der Waals surface area contributed by atoms with E-state index in [2.05, 4.69) is 12.1 Å². The zero-order chi connectivity index (χ0) is 11.8. The Morgan fingerprint density at radius 2 is 2.35 bits per heavy atom. The number of fused-ring (bicyclic) bond motifs is 1. The molecule has 1 saturated carbocycles. The van der Waals surface area contributed by atoms with Crippen LogP contribution < -0.4 is 4.74 Å². The van der Waals surface area contributed by atoms with Crippen molar-refractivity contribution in [3.63, 3.8) is 0 Å². The molecule has 3 heteroatoms. The molecule has 1 fully saturated rings. The molecule has 1 heterocycles. The fourth-order valence-corrected chi connectivity index (χ4v) is 2.62. The second-order valence-corrected chi connectivity index (χ2v) is 5.04. The van der Waals surface area contributed by atoms with Crippen molar-refractivity contribution in [3.05, 3.63) is 29.3 Å². The molecule has 3 nitrogen and oxygen atoms in total. The van der Waals surface area contributed by atoms with Crippen LogP contribution in [0, 0.1) is 11.8 Å². The van der Waals surface area contributed by atoms with E-state index in [0.29, 0.717) is 5.92 Å². The smallest absolute Gasteiger partial charge is 0.306 e. The predicted molar refractivity (Wildman–Crippen MR) is 63.2 cm³/mol. The van der Waals surface area contributed by atoms with Gasteiger partial charge in [0.25, 0.3) is 0 Å². The number of hydrogen-bond donors (Lipinski definition) is 1. The van der Waals surface area contributed by atoms with Crippen LogP contribution in [-0.4, -0.2) is 17.7 Å². The minimum Gasteiger partial charge on any atom is -0.493 e. The molecule has 1 aliphatic heterocycles. The molecule has 0 amide bonds. The quantitative estimate of drug-likeness (QED) is 0.869. The van der Waals surface area contributed by atoms with Crippen LogP contribution in [0.1, 0.15) is 24.0 Å². The van der Waals surface area contributed by atoms with E-state index in [1.165, 1.54) is 11.1 Å². The van der Waals surface area contributed by atoms with Gasteiger partial charge in [0.15, 0.2) is 0 Å². The largest absolute Gasteiger partial charge is 0.493 e. The third kappa shape index (κ3) is 2.14. The van der Waals surface area contributed by atoms with Crippen LogP contribution in [0.4, 0.5) is 0 Å². The predicted octanol–water partition coefficient (Wildman–Crippen LogP) is 2.27. The van der Waals surface area contributed by atoms with Crippen molar-refractivity contribution >= 4 is 5.97 Å². The molecule has 3 rings (SSSR count). The molecule has 0 radical (unpaired) electrons. The molecule has 1 N–H and O–H groups in total. The summed E-state index contributed by atoms with van der Waals surface area (Å²) in [6, 6.07) is 6.29. The number of carbonyl (C=O) groups is 1. The maximum absolute atomic E-state index is 10.8. The van der Waals surface area contributed by atoms with Crippen LogP contribution in [0.3, 0.4) is 0 Å². The van der Waals surface area contributed by atoms with Crippen molar-refractivity contribution in [1.82, 2.24) is 0 Å². The monoisotopic (exact) mass is 232 g/mol. The van der Waals surface area contributed by atoms with Crippen molar-refractivity contribution in [2.24, 2.45) is 11.8 Å². The van der Waals surface area contributed by atoms with E-state index in [1.807, 2.05) is 6.07 Å². The Balaban J connectivity index is 1.70. The lowest BCUT2D eigenvalue weighted by Gasteiger charge is -2.17. The average Bonchev–Trinajstić information content (AvgIpc) is 3.08. The van der Waals surface area contributed by atoms with Crippen LogP contribution in [0.25, 0.3) is 0 Å². The van der Waals surface area contributed by atoms with E-state index in [0.717, 1.165) is 38.0 Å². The van der Waals surface area contributed by atoms with Crippen LogP contribution in [0.15, 0.2) is 18.2 Å². The summed E-state index contributed by atoms with van der Waals surface area (Å²) in [7, 11) is 0. The van der Waals surface area contributed by atoms with Gasteiger partial charge >= 0.3 is 5.97 Å². The molecule has 1 aromatic rings. The normalized spacial score (nSPS) is 25.9. The van der Waals surface area contributed by atoms with E-state index in [1.54, 1.807) is 0 Å². The van der Waals surface area contributed by atoms with Gasteiger partial charge in [-0.2, -0.15) is 0 Å². The average molecular weight is 232 g/mol. The van der Waals surface area contributed by atoms with Crippen molar-refractivity contribution in [2.45, 2.75) is 25.7 Å². The fourth-order valence-electron chi connectivity index (χ4n) is 2.62. The molecule has 1 aliphatic carbocycles. The number of hydrogen-bond acceptors (Lipinski definition) is 2. The first kappa shape index (κ1) is 10.6. The lowest BCUT2D eigenvalue weighted by atomic mass is 10.00. The maximum Gasteiger partial charge on any atom is 0.306 e. The van der Waals surface area contributed by atoms with Crippen LogP contribution >= 0.6 is 0 Å². The SMILES string of the molecule is O=C(O)C1CC1Cc1ccc2c(c1)CCCO2. The zero-order valence-corrected chi connectivity index (χ0v) is 9.69. The summed E-state index contributed by atoms with van der Waals surface area (Å²) in [6.07, 6.45) is 3.89. The lowest BCUT2D eigenvalue weighted by Crippen LogP contribution is -2.08. The number of aryl methyl sites for hydroxylation is 1. The number of benzene rings is 1. The van der Waals surface area contributed by atoms with Crippen molar-refractivity contribution in [3.8, 4) is 5.75 Å². The number of ether oxygens (including phenoxy) is 1. The number of carboxylic acid groups (broad SMARTS) is 1. The molecular formula is C14H16O3. The molecule has 2 atom stereocenters. The summed E-state index contributed by atoms with van der Waals surface area (Å²) in [4.78, 5) is 10.8. The zero-order valence-electron chi connectivity index (χ0n) is 9.69. The Labute approximate surface area is 100 Å². The Hall–Kier alpha value is -1.51. The van der Waals surface area contributed by atoms with E-state index >= 15 is 0 Å². The van der Waals surface area contributed by atoms with E-state index in [4.69, 9.17) is 9.84 Å². The fraction of sp³-hybridized carbons (Fsp3) is 0.500. The molecule has 0 spiro atoms. The van der Waals surface area contributed by atoms with Gasteiger partial charge in [-0.25, -0.2) is 0 Å². The van der Waals surface area contributed by atoms with Gasteiger partial charge in [0.2, 0.25) is 0 Å². The van der Waals surface area contributed by atoms with Crippen LogP contribution in [0.5, 0.6) is 5.75 Å². The van der Waals surface area contributed by atoms with Crippen molar-refractivity contribution < 1.29 is 14.6 Å². The van der Waals surface area contributed by atoms with Gasteiger partial charge in [-0.05, 0) is 48.8 Å². The second kappa shape index (κ2) is 4.06. The Bertz CT molecular complexity index is 453. The van der Waals surface area contributed by atoms with Gasteiger partial charge in [-0.1, -0.05) is 12.1 Å². The summed E-state index contributed by atoms with van der Waals surface area (Å²) in [5, 5.41) is 8.87. The highest BCUT2D eigenvalue weighted by Gasteiger charge is 2.42. The first-order chi connectivity index (χ1) is 8.24. The third-order valence-electron chi connectivity index (χ3n) is 3.71. The van der Waals surface area contributed by atoms with E-state index in [9.17, 15) is 4.79 Å². The molecule has 2 aliphatic rings. The standard InChI is InChI=1S/C14H16O3/c15-14(16)12-8-11(12)7-9-3-4-13-10(6-9)2-1-5-17-13/h3-4,6,11-12H,1-2,5,7-8H2,(H,15,16). The number of rotatable bonds is 3. The second-order valence-electron chi connectivity index (χ2n) is 5.04. The molecular weight excluding hydrogens is 216 g/mol. The highest BCUT2D eigenvalue weighted by atomic mass is 16.5. The summed E-state index contributed by atoms with van der Waals surface area (Å²) in [5.41, 5.74) is 2.53. The van der Waals surface area contributed by atoms with Crippen LogP contribution in [0.2, 0.25) is 0 Å². The van der Waals surface area contributed by atoms with Crippen molar-refractivity contribution in [1.29, 1.82) is 0 Å². The summed E-state index contributed by atoms with van der Waals surface area (Å²) in [5.74, 6) is 0.596. The minimum atomic E-state index is -0.642. The Morgan fingerprint density at radius 1 is 1.47 bits per heavy atom. The van der Waals surface area contributed by atoms with E-state index in [-0.39, 0.29) is 5.92 Å². The summed E-state index contributed by atoms with van der Waals surface area (Å²) >= 11 is 0. The van der Waals surface area contributed by atoms with Gasteiger partial charge in [-0.3, -0.25) is 4.79 Å². The molecule has 17 heavy (non-hydrogen) atoms. The third-order valence-corrected chi connectivity index (χ3v) is 3.71. The molecule has 2 unspecified atom stereocenters. The maximum atomic E-state index is 10.8. The highest BCUT2D eigenvalue weighted by Crippen LogP contribution is 2.41. The number of carboxylic acids is 1. The lowest BCUT2D eigenvalue weighted by molar-refractivity contribution is -0.138. The van der Waals surface area contributed by atoms with Gasteiger partial charge in [0, 0.05) is 0 Å². The summed E-state index contributed by atoms with van der Waals surface area (Å²) in [6.45, 7) is 0.816. The Kier molecular flexibility index (Phi) is 2.54. The molecule has 0 bridgehead atoms. The highest BCUT2D eigenvalue weighted by molar-refractivity contribution is 5.73. The molecule has 0 saturated heterocycles. The van der Waals surface area contributed by atoms with Crippen molar-refractivity contribution in [2.75, 3.05) is 6.61 Å². The van der Waals surface area contributed by atoms with Gasteiger partial charge in [0.05, 0.1) is 12.5 Å². The van der Waals surface area contributed by atoms with Crippen LogP contribution in [-0.2, 0) is 17.6 Å². The first-order valence-corrected chi connectivity index (χ1v) is 6.21. The Morgan fingerprint density at radius 3 is 3.12 bits per heavy atom. The minimum absolute atomic E-state index is 0.109. The topological polar surface area (TPSA) is 46.5 Å². The molecule has 90 valence electrons. The summed E-state index contributed by atoms with van der Waals surface area (Å²) < 4.78 is 5.56. The molecule has 1 aromatic carbocycles. The van der Waals surface area contributed by atoms with Gasteiger partial charge in [-0.15, -0.1) is 0 Å². The van der Waals surface area contributed by atoms with Gasteiger partial charge < -0.3 is 9.84 Å².